The number of hydrogen-bond donors (Lipinski definition) is 1. The zero-order valence-corrected chi connectivity index (χ0v) is 10.1. The number of hydrogen-bond acceptors (Lipinski definition) is 5. The van der Waals surface area contributed by atoms with Crippen molar-refractivity contribution < 1.29 is 31.9 Å². The topological polar surface area (TPSA) is 74.7 Å². The molecule has 0 fully saturated rings. The summed E-state index contributed by atoms with van der Waals surface area (Å²) in [4.78, 5) is 11.5. The van der Waals surface area contributed by atoms with Gasteiger partial charge in [-0.15, -0.1) is 13.2 Å². The summed E-state index contributed by atoms with van der Waals surface area (Å²) in [5.41, 5.74) is 6.49. The van der Waals surface area contributed by atoms with Crippen molar-refractivity contribution in [3.05, 3.63) is 30.0 Å². The minimum Gasteiger partial charge on any atom is -0.457 e. The molecular weight excluding hydrogens is 279 g/mol. The molecule has 2 N–H and O–H groups in total. The van der Waals surface area contributed by atoms with Gasteiger partial charge in [0.1, 0.15) is 12.2 Å². The molecule has 0 aliphatic rings. The number of halogens is 3. The van der Waals surface area contributed by atoms with Crippen LogP contribution in [0.5, 0.6) is 0 Å². The van der Waals surface area contributed by atoms with Gasteiger partial charge in [-0.05, 0) is 24.3 Å². The van der Waals surface area contributed by atoms with Gasteiger partial charge in [-0.2, -0.15) is 0 Å². The standard InChI is InChI=1S/C12H10F3NO4/c13-12(14,15)19-4-3-18-11(17)10-6-7-5-8(16)1-2-9(7)20-10/h1-2,5-6H,3-4,16H2. The number of nitrogen functional groups attached to an aromatic ring is 1. The third kappa shape index (κ3) is 3.64. The fraction of sp³-hybridized carbons (Fsp3) is 0.250. The van der Waals surface area contributed by atoms with Gasteiger partial charge in [0.05, 0.1) is 6.61 Å². The Morgan fingerprint density at radius 1 is 1.25 bits per heavy atom. The zero-order chi connectivity index (χ0) is 14.8. The Hall–Kier alpha value is -2.22. The van der Waals surface area contributed by atoms with Crippen LogP contribution in [-0.4, -0.2) is 25.5 Å². The van der Waals surface area contributed by atoms with E-state index in [9.17, 15) is 18.0 Å². The van der Waals surface area contributed by atoms with Crippen molar-refractivity contribution in [2.45, 2.75) is 6.36 Å². The fourth-order valence-electron chi connectivity index (χ4n) is 1.53. The molecule has 1 aromatic heterocycles. The fourth-order valence-corrected chi connectivity index (χ4v) is 1.53. The highest BCUT2D eigenvalue weighted by atomic mass is 19.4. The predicted octanol–water partition coefficient (Wildman–Crippen LogP) is 2.71. The number of benzene rings is 1. The number of nitrogens with two attached hydrogens (primary N) is 1. The molecular formula is C12H10F3NO4. The molecule has 0 saturated carbocycles. The normalized spacial score (nSPS) is 11.8. The molecule has 2 rings (SSSR count). The summed E-state index contributed by atoms with van der Waals surface area (Å²) in [7, 11) is 0. The summed E-state index contributed by atoms with van der Waals surface area (Å²) in [6.07, 6.45) is -4.75. The third-order valence-corrected chi connectivity index (χ3v) is 2.32. The number of ether oxygens (including phenoxy) is 2. The van der Waals surface area contributed by atoms with Crippen molar-refractivity contribution in [2.24, 2.45) is 0 Å². The number of anilines is 1. The monoisotopic (exact) mass is 289 g/mol. The van der Waals surface area contributed by atoms with Gasteiger partial charge in [-0.3, -0.25) is 4.74 Å². The molecule has 0 spiro atoms. The summed E-state index contributed by atoms with van der Waals surface area (Å²) < 4.78 is 48.3. The van der Waals surface area contributed by atoms with Crippen molar-refractivity contribution in [2.75, 3.05) is 18.9 Å². The molecule has 5 nitrogen and oxygen atoms in total. The molecule has 0 amide bonds. The van der Waals surface area contributed by atoms with Crippen LogP contribution >= 0.6 is 0 Å². The lowest BCUT2D eigenvalue weighted by atomic mass is 10.2. The number of furan rings is 1. The van der Waals surface area contributed by atoms with Crippen LogP contribution < -0.4 is 5.73 Å². The Kier molecular flexibility index (Phi) is 3.84. The first kappa shape index (κ1) is 14.2. The number of esters is 1. The van der Waals surface area contributed by atoms with Crippen molar-refractivity contribution in [3.63, 3.8) is 0 Å². The minimum absolute atomic E-state index is 0.113. The average Bonchev–Trinajstić information content (AvgIpc) is 2.76. The molecule has 0 aliphatic heterocycles. The number of rotatable bonds is 4. The van der Waals surface area contributed by atoms with Crippen LogP contribution in [0.2, 0.25) is 0 Å². The summed E-state index contributed by atoms with van der Waals surface area (Å²) in [6.45, 7) is -1.31. The Balaban J connectivity index is 1.94. The molecule has 20 heavy (non-hydrogen) atoms. The number of carbonyl (C=O) groups excluding carboxylic acids is 1. The molecule has 0 aliphatic carbocycles. The molecule has 108 valence electrons. The van der Waals surface area contributed by atoms with Gasteiger partial charge >= 0.3 is 12.3 Å². The number of fused-ring (bicyclic) bond motifs is 1. The Morgan fingerprint density at radius 3 is 2.70 bits per heavy atom. The van der Waals surface area contributed by atoms with Gasteiger partial charge < -0.3 is 14.9 Å². The van der Waals surface area contributed by atoms with Crippen LogP contribution in [0.4, 0.5) is 18.9 Å². The lowest BCUT2D eigenvalue weighted by molar-refractivity contribution is -0.326. The van der Waals surface area contributed by atoms with Gasteiger partial charge in [0, 0.05) is 11.1 Å². The van der Waals surface area contributed by atoms with E-state index in [-0.39, 0.29) is 5.76 Å². The van der Waals surface area contributed by atoms with Gasteiger partial charge in [0.2, 0.25) is 5.76 Å². The smallest absolute Gasteiger partial charge is 0.457 e. The second kappa shape index (κ2) is 5.41. The lowest BCUT2D eigenvalue weighted by Gasteiger charge is -2.06. The van der Waals surface area contributed by atoms with Crippen LogP contribution in [0.25, 0.3) is 11.0 Å². The van der Waals surface area contributed by atoms with Gasteiger partial charge in [0.25, 0.3) is 0 Å². The van der Waals surface area contributed by atoms with E-state index >= 15 is 0 Å². The molecule has 1 heterocycles. The second-order valence-electron chi connectivity index (χ2n) is 3.84. The van der Waals surface area contributed by atoms with Gasteiger partial charge in [-0.1, -0.05) is 0 Å². The molecule has 0 radical (unpaired) electrons. The van der Waals surface area contributed by atoms with Crippen LogP contribution in [-0.2, 0) is 9.47 Å². The largest absolute Gasteiger partial charge is 0.522 e. The second-order valence-corrected chi connectivity index (χ2v) is 3.84. The molecule has 8 heteroatoms. The van der Waals surface area contributed by atoms with Crippen LogP contribution in [0, 0.1) is 0 Å². The number of carbonyl (C=O) groups is 1. The van der Waals surface area contributed by atoms with E-state index in [0.717, 1.165) is 0 Å². The highest BCUT2D eigenvalue weighted by Gasteiger charge is 2.28. The molecule has 0 saturated heterocycles. The maximum Gasteiger partial charge on any atom is 0.522 e. The van der Waals surface area contributed by atoms with E-state index in [1.54, 1.807) is 18.2 Å². The van der Waals surface area contributed by atoms with Crippen LogP contribution in [0.15, 0.2) is 28.7 Å². The van der Waals surface area contributed by atoms with E-state index in [4.69, 9.17) is 10.2 Å². The highest BCUT2D eigenvalue weighted by molar-refractivity contribution is 5.93. The summed E-state index contributed by atoms with van der Waals surface area (Å²) in [5.74, 6) is -0.983. The van der Waals surface area contributed by atoms with Gasteiger partial charge in [-0.25, -0.2) is 4.79 Å². The van der Waals surface area contributed by atoms with Gasteiger partial charge in [0.15, 0.2) is 0 Å². The molecule has 1 aromatic carbocycles. The first-order valence-electron chi connectivity index (χ1n) is 5.52. The lowest BCUT2D eigenvalue weighted by Crippen LogP contribution is -2.18. The van der Waals surface area contributed by atoms with E-state index in [0.29, 0.717) is 16.7 Å². The van der Waals surface area contributed by atoms with Crippen LogP contribution in [0.3, 0.4) is 0 Å². The maximum absolute atomic E-state index is 11.7. The van der Waals surface area contributed by atoms with E-state index in [2.05, 4.69) is 9.47 Å². The van der Waals surface area contributed by atoms with Crippen molar-refractivity contribution in [1.82, 2.24) is 0 Å². The van der Waals surface area contributed by atoms with E-state index < -0.39 is 25.5 Å². The Bertz CT molecular complexity index is 621. The molecule has 0 bridgehead atoms. The minimum atomic E-state index is -4.75. The zero-order valence-electron chi connectivity index (χ0n) is 10.1. The molecule has 0 atom stereocenters. The molecule has 0 unspecified atom stereocenters. The summed E-state index contributed by atoms with van der Waals surface area (Å²) in [5, 5.41) is 0.600. The Labute approximate surface area is 111 Å². The SMILES string of the molecule is Nc1ccc2oc(C(=O)OCCOC(F)(F)F)cc2c1. The summed E-state index contributed by atoms with van der Waals surface area (Å²) in [6, 6.07) is 6.17. The van der Waals surface area contributed by atoms with Crippen molar-refractivity contribution in [3.8, 4) is 0 Å². The third-order valence-electron chi connectivity index (χ3n) is 2.32. The quantitative estimate of drug-likeness (QED) is 0.532. The Morgan fingerprint density at radius 2 is 2.00 bits per heavy atom. The van der Waals surface area contributed by atoms with Crippen LogP contribution in [0.1, 0.15) is 10.6 Å². The first-order valence-corrected chi connectivity index (χ1v) is 5.52. The van der Waals surface area contributed by atoms with E-state index in [1.165, 1.54) is 6.07 Å². The van der Waals surface area contributed by atoms with Crippen molar-refractivity contribution >= 4 is 22.6 Å². The number of alkyl halides is 3. The van der Waals surface area contributed by atoms with E-state index in [1.807, 2.05) is 0 Å². The predicted molar refractivity (Wildman–Crippen MR) is 62.9 cm³/mol. The highest BCUT2D eigenvalue weighted by Crippen LogP contribution is 2.22. The molecule has 2 aromatic rings. The van der Waals surface area contributed by atoms with Crippen molar-refractivity contribution in [1.29, 1.82) is 0 Å². The average molecular weight is 289 g/mol. The summed E-state index contributed by atoms with van der Waals surface area (Å²) >= 11 is 0. The maximum atomic E-state index is 11.7. The first-order chi connectivity index (χ1) is 9.35.